The van der Waals surface area contributed by atoms with Gasteiger partial charge in [0.05, 0.1) is 5.56 Å². The van der Waals surface area contributed by atoms with E-state index in [1.807, 2.05) is 23.1 Å². The first-order valence-corrected chi connectivity index (χ1v) is 6.58. The maximum absolute atomic E-state index is 12.6. The van der Waals surface area contributed by atoms with Gasteiger partial charge in [-0.2, -0.15) is 0 Å². The zero-order valence-electron chi connectivity index (χ0n) is 11.7. The van der Waals surface area contributed by atoms with Gasteiger partial charge in [0.2, 0.25) is 0 Å². The van der Waals surface area contributed by atoms with Crippen molar-refractivity contribution in [3.8, 4) is 0 Å². The molecule has 98 valence electrons. The standard InChI is InChI=1S/C15H22N2O/c1-5-10(2)17-9-15(3,4)11-7-6-8-12(16)13(11)14(17)18/h6-8,10H,5,9,16H2,1-4H3. The molecule has 1 atom stereocenters. The van der Waals surface area contributed by atoms with E-state index in [0.29, 0.717) is 11.3 Å². The summed E-state index contributed by atoms with van der Waals surface area (Å²) in [5, 5.41) is 0. The summed E-state index contributed by atoms with van der Waals surface area (Å²) in [6, 6.07) is 6.02. The molecule has 1 heterocycles. The van der Waals surface area contributed by atoms with E-state index in [1.54, 1.807) is 0 Å². The van der Waals surface area contributed by atoms with Crippen LogP contribution in [-0.4, -0.2) is 23.4 Å². The first-order chi connectivity index (χ1) is 8.38. The van der Waals surface area contributed by atoms with Crippen molar-refractivity contribution < 1.29 is 4.79 Å². The Balaban J connectivity index is 2.56. The largest absolute Gasteiger partial charge is 0.398 e. The molecule has 3 heteroatoms. The molecule has 1 unspecified atom stereocenters. The number of amides is 1. The Hall–Kier alpha value is -1.51. The van der Waals surface area contributed by atoms with Crippen LogP contribution in [0.25, 0.3) is 0 Å². The van der Waals surface area contributed by atoms with Gasteiger partial charge in [0.25, 0.3) is 5.91 Å². The zero-order valence-corrected chi connectivity index (χ0v) is 11.7. The number of anilines is 1. The van der Waals surface area contributed by atoms with Gasteiger partial charge in [0.15, 0.2) is 0 Å². The molecule has 2 N–H and O–H groups in total. The monoisotopic (exact) mass is 246 g/mol. The summed E-state index contributed by atoms with van der Waals surface area (Å²) in [4.78, 5) is 14.5. The number of fused-ring (bicyclic) bond motifs is 1. The molecule has 3 nitrogen and oxygen atoms in total. The highest BCUT2D eigenvalue weighted by molar-refractivity contribution is 6.02. The Bertz CT molecular complexity index is 479. The van der Waals surface area contributed by atoms with E-state index in [4.69, 9.17) is 5.73 Å². The van der Waals surface area contributed by atoms with E-state index in [9.17, 15) is 4.79 Å². The van der Waals surface area contributed by atoms with Crippen molar-refractivity contribution in [3.63, 3.8) is 0 Å². The summed E-state index contributed by atoms with van der Waals surface area (Å²) >= 11 is 0. The highest BCUT2D eigenvalue weighted by Gasteiger charge is 2.38. The van der Waals surface area contributed by atoms with Gasteiger partial charge in [-0.05, 0) is 25.0 Å². The van der Waals surface area contributed by atoms with Crippen LogP contribution in [0.15, 0.2) is 18.2 Å². The van der Waals surface area contributed by atoms with Crippen LogP contribution < -0.4 is 5.73 Å². The molecule has 2 rings (SSSR count). The molecule has 0 saturated carbocycles. The molecule has 1 amide bonds. The predicted octanol–water partition coefficient (Wildman–Crippen LogP) is 2.80. The normalized spacial score (nSPS) is 19.6. The van der Waals surface area contributed by atoms with Crippen molar-refractivity contribution in [3.05, 3.63) is 29.3 Å². The molecule has 0 spiro atoms. The van der Waals surface area contributed by atoms with Crippen molar-refractivity contribution in [1.29, 1.82) is 0 Å². The van der Waals surface area contributed by atoms with Crippen LogP contribution >= 0.6 is 0 Å². The first kappa shape index (κ1) is 12.9. The minimum absolute atomic E-state index is 0.0396. The number of nitrogens with two attached hydrogens (primary N) is 1. The highest BCUT2D eigenvalue weighted by Crippen LogP contribution is 2.36. The summed E-state index contributed by atoms with van der Waals surface area (Å²) in [5.74, 6) is 0.0803. The van der Waals surface area contributed by atoms with Crippen LogP contribution in [0.1, 0.15) is 50.0 Å². The zero-order chi connectivity index (χ0) is 13.5. The molecule has 0 aliphatic carbocycles. The molecule has 0 bridgehead atoms. The summed E-state index contributed by atoms with van der Waals surface area (Å²) in [7, 11) is 0. The summed E-state index contributed by atoms with van der Waals surface area (Å²) in [6.45, 7) is 9.31. The van der Waals surface area contributed by atoms with Crippen LogP contribution in [-0.2, 0) is 5.41 Å². The minimum Gasteiger partial charge on any atom is -0.398 e. The molecular formula is C15H22N2O. The van der Waals surface area contributed by atoms with Gasteiger partial charge in [-0.25, -0.2) is 0 Å². The van der Waals surface area contributed by atoms with Crippen LogP contribution in [0.5, 0.6) is 0 Å². The summed E-state index contributed by atoms with van der Waals surface area (Å²) < 4.78 is 0. The van der Waals surface area contributed by atoms with Crippen molar-refractivity contribution in [2.24, 2.45) is 0 Å². The number of rotatable bonds is 2. The Morgan fingerprint density at radius 3 is 2.72 bits per heavy atom. The van der Waals surface area contributed by atoms with E-state index >= 15 is 0 Å². The van der Waals surface area contributed by atoms with Gasteiger partial charge in [0, 0.05) is 23.7 Å². The van der Waals surface area contributed by atoms with Crippen molar-refractivity contribution in [1.82, 2.24) is 4.90 Å². The number of hydrogen-bond donors (Lipinski definition) is 1. The third-order valence-electron chi connectivity index (χ3n) is 3.99. The first-order valence-electron chi connectivity index (χ1n) is 6.58. The van der Waals surface area contributed by atoms with E-state index < -0.39 is 0 Å². The molecule has 0 saturated heterocycles. The van der Waals surface area contributed by atoms with Gasteiger partial charge in [-0.3, -0.25) is 4.79 Å². The van der Waals surface area contributed by atoms with E-state index in [1.165, 1.54) is 0 Å². The van der Waals surface area contributed by atoms with E-state index in [0.717, 1.165) is 18.5 Å². The topological polar surface area (TPSA) is 46.3 Å². The second-order valence-corrected chi connectivity index (χ2v) is 5.84. The Kier molecular flexibility index (Phi) is 3.09. The van der Waals surface area contributed by atoms with Gasteiger partial charge >= 0.3 is 0 Å². The van der Waals surface area contributed by atoms with Crippen LogP contribution in [0.4, 0.5) is 5.69 Å². The van der Waals surface area contributed by atoms with Crippen LogP contribution in [0, 0.1) is 0 Å². The molecule has 1 aliphatic rings. The van der Waals surface area contributed by atoms with Gasteiger partial charge in [-0.1, -0.05) is 32.9 Å². The number of nitrogen functional groups attached to an aromatic ring is 1. The number of benzene rings is 1. The minimum atomic E-state index is -0.0396. The maximum atomic E-state index is 12.6. The van der Waals surface area contributed by atoms with Gasteiger partial charge in [0.1, 0.15) is 0 Å². The Morgan fingerprint density at radius 2 is 2.11 bits per heavy atom. The number of carbonyl (C=O) groups is 1. The SMILES string of the molecule is CCC(C)N1CC(C)(C)c2cccc(N)c2C1=O. The fraction of sp³-hybridized carbons (Fsp3) is 0.533. The molecule has 1 aliphatic heterocycles. The van der Waals surface area contributed by atoms with Gasteiger partial charge in [-0.15, -0.1) is 0 Å². The lowest BCUT2D eigenvalue weighted by Crippen LogP contribution is -2.50. The van der Waals surface area contributed by atoms with E-state index in [2.05, 4.69) is 27.7 Å². The van der Waals surface area contributed by atoms with Crippen molar-refractivity contribution in [2.45, 2.75) is 45.6 Å². The molecule has 0 aromatic heterocycles. The summed E-state index contributed by atoms with van der Waals surface area (Å²) in [5.41, 5.74) is 8.34. The number of nitrogens with zero attached hydrogens (tertiary/aromatic N) is 1. The van der Waals surface area contributed by atoms with Crippen molar-refractivity contribution >= 4 is 11.6 Å². The third kappa shape index (κ3) is 1.88. The Morgan fingerprint density at radius 1 is 1.44 bits per heavy atom. The molecule has 0 radical (unpaired) electrons. The summed E-state index contributed by atoms with van der Waals surface area (Å²) in [6.07, 6.45) is 0.962. The van der Waals surface area contributed by atoms with Crippen LogP contribution in [0.3, 0.4) is 0 Å². The maximum Gasteiger partial charge on any atom is 0.256 e. The quantitative estimate of drug-likeness (QED) is 0.816. The van der Waals surface area contributed by atoms with E-state index in [-0.39, 0.29) is 17.4 Å². The average molecular weight is 246 g/mol. The third-order valence-corrected chi connectivity index (χ3v) is 3.99. The average Bonchev–Trinajstić information content (AvgIpc) is 2.33. The molecule has 0 fully saturated rings. The Labute approximate surface area is 109 Å². The predicted molar refractivity (Wildman–Crippen MR) is 74.7 cm³/mol. The fourth-order valence-electron chi connectivity index (χ4n) is 2.68. The molecule has 1 aromatic carbocycles. The van der Waals surface area contributed by atoms with Gasteiger partial charge < -0.3 is 10.6 Å². The molecular weight excluding hydrogens is 224 g/mol. The highest BCUT2D eigenvalue weighted by atomic mass is 16.2. The second-order valence-electron chi connectivity index (χ2n) is 5.84. The second kappa shape index (κ2) is 4.30. The molecule has 1 aromatic rings. The smallest absolute Gasteiger partial charge is 0.256 e. The number of carbonyl (C=O) groups excluding carboxylic acids is 1. The number of hydrogen-bond acceptors (Lipinski definition) is 2. The lowest BCUT2D eigenvalue weighted by Gasteiger charge is -2.42. The van der Waals surface area contributed by atoms with Crippen molar-refractivity contribution in [2.75, 3.05) is 12.3 Å². The van der Waals surface area contributed by atoms with Crippen LogP contribution in [0.2, 0.25) is 0 Å². The lowest BCUT2D eigenvalue weighted by molar-refractivity contribution is 0.0608. The lowest BCUT2D eigenvalue weighted by atomic mass is 9.77. The molecule has 18 heavy (non-hydrogen) atoms. The fourth-order valence-corrected chi connectivity index (χ4v) is 2.68.